The first kappa shape index (κ1) is 25.1. The van der Waals surface area contributed by atoms with E-state index >= 15 is 0 Å². The minimum Gasteiger partial charge on any atom is -0.486 e. The Kier molecular flexibility index (Phi) is 6.40. The minimum atomic E-state index is -1.50. The van der Waals surface area contributed by atoms with Crippen LogP contribution in [0.5, 0.6) is 5.75 Å². The fourth-order valence-electron chi connectivity index (χ4n) is 4.38. The highest BCUT2D eigenvalue weighted by Gasteiger charge is 2.49. The predicted octanol–water partition coefficient (Wildman–Crippen LogP) is 3.65. The van der Waals surface area contributed by atoms with Gasteiger partial charge in [-0.25, -0.2) is 4.98 Å². The number of furan rings is 1. The van der Waals surface area contributed by atoms with Gasteiger partial charge in [0.15, 0.2) is 11.3 Å². The Morgan fingerprint density at radius 3 is 2.63 bits per heavy atom. The van der Waals surface area contributed by atoms with Crippen LogP contribution in [0, 0.1) is 0 Å². The van der Waals surface area contributed by atoms with Gasteiger partial charge in [0.1, 0.15) is 25.0 Å². The van der Waals surface area contributed by atoms with E-state index in [1.54, 1.807) is 39.2 Å². The summed E-state index contributed by atoms with van der Waals surface area (Å²) in [4.78, 5) is 47.2. The van der Waals surface area contributed by atoms with Crippen LogP contribution in [0.25, 0.3) is 22.4 Å². The van der Waals surface area contributed by atoms with E-state index in [9.17, 15) is 14.4 Å². The van der Waals surface area contributed by atoms with Crippen LogP contribution in [0.15, 0.2) is 69.8 Å². The van der Waals surface area contributed by atoms with E-state index in [2.05, 4.69) is 10.3 Å². The lowest BCUT2D eigenvalue weighted by atomic mass is 9.97. The highest BCUT2D eigenvalue weighted by Crippen LogP contribution is 2.40. The number of likely N-dealkylation sites (N-methyl/N-ethyl adjacent to an activating group) is 1. The van der Waals surface area contributed by atoms with Crippen molar-refractivity contribution < 1.29 is 28.0 Å². The first-order valence-corrected chi connectivity index (χ1v) is 12.2. The Balaban J connectivity index is 1.52. The Hall–Kier alpha value is -4.60. The molecule has 1 aliphatic rings. The average Bonchev–Trinajstić information content (AvgIpc) is 3.56. The summed E-state index contributed by atoms with van der Waals surface area (Å²) < 4.78 is 17.5. The maximum Gasteiger partial charge on any atom is 0.295 e. The molecule has 0 bridgehead atoms. The summed E-state index contributed by atoms with van der Waals surface area (Å²) in [6, 6.07) is 14.4. The third kappa shape index (κ3) is 4.38. The SMILES string of the molecule is C[C@H](NC(=O)C1(C)COc2c(oc3cc(-c4ncco4)ccc23)C(=O)N1CC(=O)N(C)C)c1ccccc1. The summed E-state index contributed by atoms with van der Waals surface area (Å²) in [5.74, 6) is -0.872. The highest BCUT2D eigenvalue weighted by atomic mass is 16.5. The molecule has 0 aliphatic carbocycles. The maximum absolute atomic E-state index is 13.9. The number of benzene rings is 2. The number of nitrogens with zero attached hydrogens (tertiary/aromatic N) is 3. The van der Waals surface area contributed by atoms with Gasteiger partial charge in [-0.3, -0.25) is 14.4 Å². The second-order valence-electron chi connectivity index (χ2n) is 9.66. The van der Waals surface area contributed by atoms with E-state index < -0.39 is 17.4 Å². The molecule has 38 heavy (non-hydrogen) atoms. The van der Waals surface area contributed by atoms with E-state index in [-0.39, 0.29) is 36.6 Å². The Labute approximate surface area is 219 Å². The van der Waals surface area contributed by atoms with E-state index in [4.69, 9.17) is 13.6 Å². The second kappa shape index (κ2) is 9.70. The molecule has 2 aromatic carbocycles. The summed E-state index contributed by atoms with van der Waals surface area (Å²) >= 11 is 0. The number of carbonyl (C=O) groups is 3. The molecule has 196 valence electrons. The van der Waals surface area contributed by atoms with Crippen LogP contribution >= 0.6 is 0 Å². The normalized spacial score (nSPS) is 17.9. The molecule has 2 aromatic heterocycles. The number of rotatable bonds is 6. The van der Waals surface area contributed by atoms with Crippen molar-refractivity contribution in [2.24, 2.45) is 0 Å². The Bertz CT molecular complexity index is 1490. The summed E-state index contributed by atoms with van der Waals surface area (Å²) in [6.45, 7) is 2.93. The topological polar surface area (TPSA) is 118 Å². The van der Waals surface area contributed by atoms with Crippen molar-refractivity contribution in [3.63, 3.8) is 0 Å². The molecule has 3 amide bonds. The van der Waals surface area contributed by atoms with Crippen LogP contribution in [0.3, 0.4) is 0 Å². The van der Waals surface area contributed by atoms with Crippen molar-refractivity contribution in [3.8, 4) is 17.2 Å². The molecule has 1 aliphatic heterocycles. The third-order valence-corrected chi connectivity index (χ3v) is 6.78. The number of amides is 3. The van der Waals surface area contributed by atoms with Gasteiger partial charge in [-0.1, -0.05) is 30.3 Å². The van der Waals surface area contributed by atoms with E-state index in [0.717, 1.165) is 5.56 Å². The molecule has 10 nitrogen and oxygen atoms in total. The van der Waals surface area contributed by atoms with Crippen molar-refractivity contribution in [3.05, 3.63) is 72.3 Å². The van der Waals surface area contributed by atoms with Crippen LogP contribution in [0.2, 0.25) is 0 Å². The molecular formula is C28H28N4O6. The molecule has 0 spiro atoms. The van der Waals surface area contributed by atoms with Crippen molar-refractivity contribution in [1.82, 2.24) is 20.1 Å². The smallest absolute Gasteiger partial charge is 0.295 e. The van der Waals surface area contributed by atoms with E-state index in [1.165, 1.54) is 22.3 Å². The van der Waals surface area contributed by atoms with Gasteiger partial charge >= 0.3 is 0 Å². The van der Waals surface area contributed by atoms with E-state index in [1.807, 2.05) is 37.3 Å². The average molecular weight is 517 g/mol. The summed E-state index contributed by atoms with van der Waals surface area (Å²) in [5.41, 5.74) is 0.458. The van der Waals surface area contributed by atoms with Crippen molar-refractivity contribution in [1.29, 1.82) is 0 Å². The quantitative estimate of drug-likeness (QED) is 0.416. The molecule has 4 aromatic rings. The van der Waals surface area contributed by atoms with Crippen molar-refractivity contribution in [2.45, 2.75) is 25.4 Å². The van der Waals surface area contributed by atoms with Crippen LogP contribution in [0.4, 0.5) is 0 Å². The van der Waals surface area contributed by atoms with Gasteiger partial charge in [0, 0.05) is 19.7 Å². The number of carbonyl (C=O) groups excluding carboxylic acids is 3. The largest absolute Gasteiger partial charge is 0.486 e. The first-order valence-electron chi connectivity index (χ1n) is 12.2. The standard InChI is InChI=1S/C28H28N4O6/c1-17(18-8-6-5-7-9-18)30-27(35)28(2)16-37-23-20-11-10-19(25-29-12-13-36-25)14-21(20)38-24(23)26(34)32(28)15-22(33)31(3)4/h5-14,17H,15-16H2,1-4H3,(H,30,35)/t17-,28?/m0/s1. The number of ether oxygens (including phenoxy) is 1. The molecule has 0 saturated heterocycles. The van der Waals surface area contributed by atoms with Crippen LogP contribution in [-0.2, 0) is 9.59 Å². The molecule has 10 heteroatoms. The number of hydrogen-bond acceptors (Lipinski definition) is 7. The second-order valence-corrected chi connectivity index (χ2v) is 9.66. The molecule has 5 rings (SSSR count). The van der Waals surface area contributed by atoms with Gasteiger partial charge in [-0.2, -0.15) is 0 Å². The zero-order valence-corrected chi connectivity index (χ0v) is 21.6. The number of fused-ring (bicyclic) bond motifs is 3. The summed E-state index contributed by atoms with van der Waals surface area (Å²) in [7, 11) is 3.18. The zero-order chi connectivity index (χ0) is 27.0. The monoisotopic (exact) mass is 516 g/mol. The molecule has 2 atom stereocenters. The number of oxazole rings is 1. The molecule has 0 radical (unpaired) electrons. The van der Waals surface area contributed by atoms with Gasteiger partial charge in [0.05, 0.1) is 17.6 Å². The fraction of sp³-hybridized carbons (Fsp3) is 0.286. The number of aromatic nitrogens is 1. The van der Waals surface area contributed by atoms with Gasteiger partial charge in [-0.15, -0.1) is 0 Å². The Morgan fingerprint density at radius 1 is 1.18 bits per heavy atom. The van der Waals surface area contributed by atoms with Gasteiger partial charge in [0.2, 0.25) is 23.5 Å². The fourth-order valence-corrected chi connectivity index (χ4v) is 4.38. The van der Waals surface area contributed by atoms with Gasteiger partial charge in [0.25, 0.3) is 5.91 Å². The van der Waals surface area contributed by atoms with E-state index in [0.29, 0.717) is 22.4 Å². The lowest BCUT2D eigenvalue weighted by Gasteiger charge is -2.38. The number of hydrogen-bond donors (Lipinski definition) is 1. The molecule has 1 unspecified atom stereocenters. The minimum absolute atomic E-state index is 0.0799. The first-order chi connectivity index (χ1) is 18.2. The van der Waals surface area contributed by atoms with Gasteiger partial charge in [-0.05, 0) is 37.6 Å². The zero-order valence-electron chi connectivity index (χ0n) is 21.6. The number of nitrogens with one attached hydrogen (secondary N) is 1. The van der Waals surface area contributed by atoms with Crippen molar-refractivity contribution >= 4 is 28.7 Å². The summed E-state index contributed by atoms with van der Waals surface area (Å²) in [5, 5.41) is 3.54. The van der Waals surface area contributed by atoms with Gasteiger partial charge < -0.3 is 28.7 Å². The Morgan fingerprint density at radius 2 is 1.95 bits per heavy atom. The molecule has 0 saturated carbocycles. The highest BCUT2D eigenvalue weighted by molar-refractivity contribution is 6.06. The maximum atomic E-state index is 13.9. The molecule has 0 fully saturated rings. The molecule has 3 heterocycles. The third-order valence-electron chi connectivity index (χ3n) is 6.78. The van der Waals surface area contributed by atoms with Crippen molar-refractivity contribution in [2.75, 3.05) is 27.2 Å². The predicted molar refractivity (Wildman–Crippen MR) is 138 cm³/mol. The molecule has 1 N–H and O–H groups in total. The van der Waals surface area contributed by atoms with Crippen LogP contribution < -0.4 is 10.1 Å². The lowest BCUT2D eigenvalue weighted by molar-refractivity contribution is -0.137. The van der Waals surface area contributed by atoms with Crippen LogP contribution in [0.1, 0.15) is 36.0 Å². The summed E-state index contributed by atoms with van der Waals surface area (Å²) in [6.07, 6.45) is 3.00. The van der Waals surface area contributed by atoms with Crippen LogP contribution in [-0.4, -0.2) is 65.3 Å². The molecular weight excluding hydrogens is 488 g/mol. The lowest BCUT2D eigenvalue weighted by Crippen LogP contribution is -2.63.